The number of carbonyl (C=O) groups excluding carboxylic acids is 1. The Morgan fingerprint density at radius 3 is 2.52 bits per heavy atom. The normalized spacial score (nSPS) is 36.1. The molecular formula is C27H43N5O. The largest absolute Gasteiger partial charge is 0.336 e. The first-order chi connectivity index (χ1) is 16.1. The highest BCUT2D eigenvalue weighted by atomic mass is 16.2. The minimum absolute atomic E-state index is 0.162. The molecule has 0 unspecified atom stereocenters. The number of carbonyl (C=O) groups is 1. The van der Waals surface area contributed by atoms with Crippen molar-refractivity contribution in [3.8, 4) is 0 Å². The van der Waals surface area contributed by atoms with E-state index < -0.39 is 0 Å². The number of likely N-dealkylation sites (N-methyl/N-ethyl adjacent to an activating group) is 1. The molecule has 1 N–H and O–H groups in total. The molecule has 182 valence electrons. The van der Waals surface area contributed by atoms with Crippen LogP contribution in [-0.4, -0.2) is 71.3 Å². The molecule has 1 atom stereocenters. The van der Waals surface area contributed by atoms with Gasteiger partial charge in [0.05, 0.1) is 0 Å². The maximum atomic E-state index is 13.6. The van der Waals surface area contributed by atoms with Crippen molar-refractivity contribution >= 4 is 5.91 Å². The van der Waals surface area contributed by atoms with Crippen molar-refractivity contribution in [3.63, 3.8) is 0 Å². The molecule has 0 spiro atoms. The van der Waals surface area contributed by atoms with Gasteiger partial charge in [-0.25, -0.2) is 0 Å². The van der Waals surface area contributed by atoms with Crippen molar-refractivity contribution in [3.05, 3.63) is 17.0 Å². The van der Waals surface area contributed by atoms with Crippen LogP contribution in [0.1, 0.15) is 73.6 Å². The van der Waals surface area contributed by atoms with Crippen LogP contribution >= 0.6 is 0 Å². The Kier molecular flexibility index (Phi) is 6.02. The van der Waals surface area contributed by atoms with Crippen molar-refractivity contribution in [1.82, 2.24) is 24.9 Å². The highest BCUT2D eigenvalue weighted by molar-refractivity contribution is 5.94. The molecule has 6 heteroatoms. The van der Waals surface area contributed by atoms with Gasteiger partial charge in [-0.1, -0.05) is 0 Å². The Hall–Kier alpha value is -1.40. The molecule has 7 rings (SSSR count). The van der Waals surface area contributed by atoms with E-state index in [4.69, 9.17) is 5.10 Å². The number of hydrogen-bond acceptors (Lipinski definition) is 4. The molecule has 0 radical (unpaired) electrons. The third-order valence-electron chi connectivity index (χ3n) is 9.92. The zero-order chi connectivity index (χ0) is 22.5. The smallest absolute Gasteiger partial charge is 0.274 e. The molecule has 4 bridgehead atoms. The van der Waals surface area contributed by atoms with Crippen molar-refractivity contribution in [2.75, 3.05) is 39.8 Å². The van der Waals surface area contributed by atoms with Gasteiger partial charge in [0.1, 0.15) is 0 Å². The first-order valence-corrected chi connectivity index (χ1v) is 13.9. The Morgan fingerprint density at radius 1 is 1.03 bits per heavy atom. The average Bonchev–Trinajstić information content (AvgIpc) is 3.03. The lowest BCUT2D eigenvalue weighted by atomic mass is 9.52. The summed E-state index contributed by atoms with van der Waals surface area (Å²) in [5.74, 6) is 5.12. The number of amides is 1. The van der Waals surface area contributed by atoms with Crippen molar-refractivity contribution in [2.45, 2.75) is 77.3 Å². The fraction of sp³-hybridized carbons (Fsp3) is 0.852. The molecule has 6 aliphatic rings. The molecule has 5 fully saturated rings. The van der Waals surface area contributed by atoms with Crippen molar-refractivity contribution in [2.24, 2.45) is 29.6 Å². The molecule has 1 aromatic heterocycles. The lowest BCUT2D eigenvalue weighted by Crippen LogP contribution is -2.50. The summed E-state index contributed by atoms with van der Waals surface area (Å²) in [6.45, 7) is 7.89. The van der Waals surface area contributed by atoms with Gasteiger partial charge in [-0.05, 0) is 114 Å². The Labute approximate surface area is 199 Å². The third kappa shape index (κ3) is 4.16. The van der Waals surface area contributed by atoms with Gasteiger partial charge in [0.15, 0.2) is 5.69 Å². The Bertz CT molecular complexity index is 850. The SMILES string of the molecule is CCn1nc(C(=O)N2CCCN(C)CC2)c2c1CC[C@@H](NCC1C3CC4CC(C3)CC1C4)C2. The minimum Gasteiger partial charge on any atom is -0.336 e. The summed E-state index contributed by atoms with van der Waals surface area (Å²) in [6.07, 6.45) is 11.8. The van der Waals surface area contributed by atoms with E-state index in [-0.39, 0.29) is 5.91 Å². The van der Waals surface area contributed by atoms with Gasteiger partial charge in [-0.3, -0.25) is 9.48 Å². The van der Waals surface area contributed by atoms with Gasteiger partial charge in [0.2, 0.25) is 0 Å². The van der Waals surface area contributed by atoms with E-state index in [0.29, 0.717) is 6.04 Å². The second-order valence-corrected chi connectivity index (χ2v) is 12.0. The van der Waals surface area contributed by atoms with Gasteiger partial charge >= 0.3 is 0 Å². The van der Waals surface area contributed by atoms with E-state index in [1.165, 1.54) is 56.3 Å². The van der Waals surface area contributed by atoms with Crippen molar-refractivity contribution < 1.29 is 4.79 Å². The number of nitrogens with one attached hydrogen (secondary N) is 1. The second kappa shape index (κ2) is 8.99. The molecular weight excluding hydrogens is 410 g/mol. The molecule has 4 saturated carbocycles. The molecule has 1 saturated heterocycles. The number of aromatic nitrogens is 2. The first kappa shape index (κ1) is 22.1. The van der Waals surface area contributed by atoms with Gasteiger partial charge < -0.3 is 15.1 Å². The summed E-state index contributed by atoms with van der Waals surface area (Å²) in [6, 6.07) is 0.492. The highest BCUT2D eigenvalue weighted by Crippen LogP contribution is 2.56. The zero-order valence-electron chi connectivity index (χ0n) is 20.8. The van der Waals surface area contributed by atoms with E-state index in [1.807, 2.05) is 0 Å². The van der Waals surface area contributed by atoms with Crippen LogP contribution in [0.25, 0.3) is 0 Å². The van der Waals surface area contributed by atoms with Crippen LogP contribution in [0, 0.1) is 29.6 Å². The van der Waals surface area contributed by atoms with E-state index >= 15 is 0 Å². The summed E-state index contributed by atoms with van der Waals surface area (Å²) in [7, 11) is 2.15. The summed E-state index contributed by atoms with van der Waals surface area (Å²) in [5.41, 5.74) is 3.31. The fourth-order valence-electron chi connectivity index (χ4n) is 8.37. The van der Waals surface area contributed by atoms with Crippen LogP contribution in [-0.2, 0) is 19.4 Å². The molecule has 2 heterocycles. The topological polar surface area (TPSA) is 53.4 Å². The van der Waals surface area contributed by atoms with E-state index in [9.17, 15) is 4.79 Å². The van der Waals surface area contributed by atoms with Gasteiger partial charge in [0.25, 0.3) is 5.91 Å². The van der Waals surface area contributed by atoms with Gasteiger partial charge in [0, 0.05) is 43.5 Å². The van der Waals surface area contributed by atoms with Gasteiger partial charge in [-0.15, -0.1) is 0 Å². The van der Waals surface area contributed by atoms with E-state index in [2.05, 4.69) is 33.8 Å². The molecule has 0 aromatic carbocycles. The monoisotopic (exact) mass is 453 g/mol. The first-order valence-electron chi connectivity index (χ1n) is 13.9. The van der Waals surface area contributed by atoms with Crippen LogP contribution in [0.15, 0.2) is 0 Å². The number of rotatable bonds is 5. The van der Waals surface area contributed by atoms with Gasteiger partial charge in [-0.2, -0.15) is 5.10 Å². The molecule has 1 aromatic rings. The predicted octanol–water partition coefficient (Wildman–Crippen LogP) is 3.20. The molecule has 5 aliphatic carbocycles. The van der Waals surface area contributed by atoms with Crippen LogP contribution in [0.5, 0.6) is 0 Å². The third-order valence-corrected chi connectivity index (χ3v) is 9.92. The van der Waals surface area contributed by atoms with E-state index in [0.717, 1.165) is 87.3 Å². The predicted molar refractivity (Wildman–Crippen MR) is 130 cm³/mol. The Balaban J connectivity index is 1.14. The summed E-state index contributed by atoms with van der Waals surface area (Å²) in [5, 5.41) is 8.87. The lowest BCUT2D eigenvalue weighted by molar-refractivity contribution is -0.0364. The number of nitrogens with zero attached hydrogens (tertiary/aromatic N) is 4. The number of fused-ring (bicyclic) bond motifs is 1. The fourth-order valence-corrected chi connectivity index (χ4v) is 8.37. The number of hydrogen-bond donors (Lipinski definition) is 1. The lowest BCUT2D eigenvalue weighted by Gasteiger charge is -2.54. The molecule has 1 amide bonds. The summed E-state index contributed by atoms with van der Waals surface area (Å²) >= 11 is 0. The van der Waals surface area contributed by atoms with Crippen LogP contribution in [0.2, 0.25) is 0 Å². The molecule has 33 heavy (non-hydrogen) atoms. The number of aryl methyl sites for hydroxylation is 1. The summed E-state index contributed by atoms with van der Waals surface area (Å²) < 4.78 is 2.11. The summed E-state index contributed by atoms with van der Waals surface area (Å²) in [4.78, 5) is 17.9. The minimum atomic E-state index is 0.162. The van der Waals surface area contributed by atoms with Crippen LogP contribution in [0.3, 0.4) is 0 Å². The highest BCUT2D eigenvalue weighted by Gasteiger charge is 2.48. The molecule has 1 aliphatic heterocycles. The maximum absolute atomic E-state index is 13.6. The Morgan fingerprint density at radius 2 is 1.79 bits per heavy atom. The zero-order valence-corrected chi connectivity index (χ0v) is 20.8. The van der Waals surface area contributed by atoms with Crippen molar-refractivity contribution in [1.29, 1.82) is 0 Å². The quantitative estimate of drug-likeness (QED) is 0.744. The van der Waals surface area contributed by atoms with Crippen LogP contribution < -0.4 is 5.32 Å². The average molecular weight is 454 g/mol. The standard InChI is InChI=1S/C27H43N5O/c1-3-32-25-6-5-22(28-17-24-20-12-18-11-19(14-20)15-21(24)13-18)16-23(25)26(29-32)27(33)31-8-4-7-30(2)9-10-31/h18-22,24,28H,3-17H2,1-2H3/t18?,19?,20?,21?,22-,24?/m1/s1. The van der Waals surface area contributed by atoms with E-state index in [1.54, 1.807) is 0 Å². The second-order valence-electron chi connectivity index (χ2n) is 12.0. The maximum Gasteiger partial charge on any atom is 0.274 e. The van der Waals surface area contributed by atoms with Crippen LogP contribution in [0.4, 0.5) is 0 Å². The molecule has 6 nitrogen and oxygen atoms in total.